The van der Waals surface area contributed by atoms with Gasteiger partial charge < -0.3 is 20.1 Å². The lowest BCUT2D eigenvalue weighted by molar-refractivity contribution is 0.0370. The van der Waals surface area contributed by atoms with Crippen molar-refractivity contribution in [1.82, 2.24) is 5.32 Å². The van der Waals surface area contributed by atoms with Gasteiger partial charge in [-0.3, -0.25) is 0 Å². The van der Waals surface area contributed by atoms with E-state index in [2.05, 4.69) is 10.2 Å². The van der Waals surface area contributed by atoms with Crippen LogP contribution in [0.25, 0.3) is 0 Å². The molecule has 1 aliphatic carbocycles. The number of rotatable bonds is 5. The molecule has 1 saturated heterocycles. The van der Waals surface area contributed by atoms with Crippen LogP contribution in [0.2, 0.25) is 0 Å². The highest BCUT2D eigenvalue weighted by molar-refractivity contribution is 5.94. The van der Waals surface area contributed by atoms with Crippen LogP contribution in [0.5, 0.6) is 0 Å². The standard InChI is InChI=1S/C16H22N2O3.ClH/c19-16(20)14-6-1-2-7-15(14)18-8-9-21-13(11-18)10-17-12-4-3-5-12;/h1-2,6-7,12-13,17H,3-5,8-11H2,(H,19,20);1H/t13-;/m1./s1. The van der Waals surface area contributed by atoms with Crippen LogP contribution in [0.1, 0.15) is 29.6 Å². The summed E-state index contributed by atoms with van der Waals surface area (Å²) in [6.07, 6.45) is 3.97. The van der Waals surface area contributed by atoms with Crippen LogP contribution in [0.15, 0.2) is 24.3 Å². The van der Waals surface area contributed by atoms with Crippen LogP contribution in [0, 0.1) is 0 Å². The maximum Gasteiger partial charge on any atom is 0.337 e. The van der Waals surface area contributed by atoms with Crippen molar-refractivity contribution in [3.05, 3.63) is 29.8 Å². The van der Waals surface area contributed by atoms with Crippen LogP contribution < -0.4 is 10.2 Å². The second-order valence-electron chi connectivity index (χ2n) is 5.80. The van der Waals surface area contributed by atoms with Gasteiger partial charge in [-0.25, -0.2) is 4.79 Å². The number of ether oxygens (including phenoxy) is 1. The van der Waals surface area contributed by atoms with Crippen molar-refractivity contribution in [2.24, 2.45) is 0 Å². The Bertz CT molecular complexity index is 508. The Kier molecular flexibility index (Phi) is 6.06. The van der Waals surface area contributed by atoms with Crippen LogP contribution in [-0.4, -0.2) is 49.5 Å². The van der Waals surface area contributed by atoms with Gasteiger partial charge in [-0.15, -0.1) is 12.4 Å². The van der Waals surface area contributed by atoms with Gasteiger partial charge in [-0.1, -0.05) is 18.6 Å². The number of anilines is 1. The van der Waals surface area contributed by atoms with Crippen LogP contribution >= 0.6 is 12.4 Å². The number of carbonyl (C=O) groups is 1. The molecule has 0 bridgehead atoms. The first-order valence-corrected chi connectivity index (χ1v) is 7.66. The molecule has 2 fully saturated rings. The predicted molar refractivity (Wildman–Crippen MR) is 88.2 cm³/mol. The maximum atomic E-state index is 11.3. The molecule has 3 rings (SSSR count). The van der Waals surface area contributed by atoms with Gasteiger partial charge in [0.1, 0.15) is 0 Å². The Morgan fingerprint density at radius 2 is 2.14 bits per heavy atom. The topological polar surface area (TPSA) is 61.8 Å². The summed E-state index contributed by atoms with van der Waals surface area (Å²) in [4.78, 5) is 13.5. The molecule has 1 aromatic rings. The van der Waals surface area contributed by atoms with E-state index in [0.29, 0.717) is 18.2 Å². The largest absolute Gasteiger partial charge is 0.478 e. The lowest BCUT2D eigenvalue weighted by Gasteiger charge is -2.36. The molecule has 1 atom stereocenters. The third-order valence-electron chi connectivity index (χ3n) is 4.35. The Morgan fingerprint density at radius 3 is 2.82 bits per heavy atom. The summed E-state index contributed by atoms with van der Waals surface area (Å²) < 4.78 is 5.80. The molecular weight excluding hydrogens is 304 g/mol. The van der Waals surface area contributed by atoms with E-state index >= 15 is 0 Å². The number of carboxylic acids is 1. The minimum Gasteiger partial charge on any atom is -0.478 e. The molecule has 0 spiro atoms. The van der Waals surface area contributed by atoms with Gasteiger partial charge in [-0.05, 0) is 25.0 Å². The van der Waals surface area contributed by atoms with E-state index < -0.39 is 5.97 Å². The third-order valence-corrected chi connectivity index (χ3v) is 4.35. The quantitative estimate of drug-likeness (QED) is 0.868. The Hall–Kier alpha value is -1.30. The average molecular weight is 327 g/mol. The van der Waals surface area contributed by atoms with Crippen molar-refractivity contribution in [2.75, 3.05) is 31.1 Å². The van der Waals surface area contributed by atoms with Gasteiger partial charge in [0.05, 0.1) is 24.0 Å². The average Bonchev–Trinajstić information content (AvgIpc) is 2.46. The molecule has 1 aromatic carbocycles. The number of halogens is 1. The van der Waals surface area contributed by atoms with E-state index in [1.54, 1.807) is 12.1 Å². The van der Waals surface area contributed by atoms with E-state index in [9.17, 15) is 9.90 Å². The number of hydrogen-bond acceptors (Lipinski definition) is 4. The molecular formula is C16H23ClN2O3. The summed E-state index contributed by atoms with van der Waals surface area (Å²) in [6, 6.07) is 7.84. The highest BCUT2D eigenvalue weighted by Gasteiger charge is 2.25. The maximum absolute atomic E-state index is 11.3. The molecule has 2 N–H and O–H groups in total. The molecule has 1 saturated carbocycles. The number of para-hydroxylation sites is 1. The SMILES string of the molecule is Cl.O=C(O)c1ccccc1N1CCO[C@H](CNC2CCC2)C1. The Balaban J connectivity index is 0.00000176. The minimum absolute atomic E-state index is 0. The zero-order valence-corrected chi connectivity index (χ0v) is 13.3. The summed E-state index contributed by atoms with van der Waals surface area (Å²) >= 11 is 0. The molecule has 122 valence electrons. The molecule has 5 nitrogen and oxygen atoms in total. The number of carboxylic acid groups (broad SMARTS) is 1. The van der Waals surface area contributed by atoms with Gasteiger partial charge in [0, 0.05) is 25.7 Å². The van der Waals surface area contributed by atoms with Crippen LogP contribution in [0.3, 0.4) is 0 Å². The number of hydrogen-bond donors (Lipinski definition) is 2. The Labute approximate surface area is 137 Å². The van der Waals surface area contributed by atoms with Crippen molar-refractivity contribution in [1.29, 1.82) is 0 Å². The fourth-order valence-corrected chi connectivity index (χ4v) is 2.90. The number of morpholine rings is 1. The molecule has 1 aliphatic heterocycles. The first-order valence-electron chi connectivity index (χ1n) is 7.66. The molecule has 22 heavy (non-hydrogen) atoms. The van der Waals surface area contributed by atoms with Gasteiger partial charge in [0.25, 0.3) is 0 Å². The van der Waals surface area contributed by atoms with Crippen molar-refractivity contribution < 1.29 is 14.6 Å². The van der Waals surface area contributed by atoms with Gasteiger partial charge in [0.2, 0.25) is 0 Å². The zero-order chi connectivity index (χ0) is 14.7. The number of nitrogens with one attached hydrogen (secondary N) is 1. The Morgan fingerprint density at radius 1 is 1.36 bits per heavy atom. The normalized spacial score (nSPS) is 21.8. The number of benzene rings is 1. The van der Waals surface area contributed by atoms with Crippen LogP contribution in [0.4, 0.5) is 5.69 Å². The third kappa shape index (κ3) is 3.91. The van der Waals surface area contributed by atoms with E-state index in [4.69, 9.17) is 4.74 Å². The second kappa shape index (κ2) is 7.81. The van der Waals surface area contributed by atoms with Gasteiger partial charge >= 0.3 is 5.97 Å². The molecule has 0 radical (unpaired) electrons. The molecule has 0 unspecified atom stereocenters. The summed E-state index contributed by atoms with van der Waals surface area (Å²) in [7, 11) is 0. The molecule has 0 amide bonds. The van der Waals surface area contributed by atoms with E-state index in [1.807, 2.05) is 12.1 Å². The minimum atomic E-state index is -0.874. The van der Waals surface area contributed by atoms with Crippen LogP contribution in [-0.2, 0) is 4.74 Å². The predicted octanol–water partition coefficient (Wildman–Crippen LogP) is 2.15. The molecule has 0 aromatic heterocycles. The lowest BCUT2D eigenvalue weighted by atomic mass is 9.93. The first kappa shape index (κ1) is 17.1. The summed E-state index contributed by atoms with van der Waals surface area (Å²) in [5.74, 6) is -0.874. The van der Waals surface area contributed by atoms with Crippen molar-refractivity contribution in [3.63, 3.8) is 0 Å². The molecule has 6 heteroatoms. The van der Waals surface area contributed by atoms with Crippen molar-refractivity contribution in [2.45, 2.75) is 31.4 Å². The lowest BCUT2D eigenvalue weighted by Crippen LogP contribution is -2.49. The summed E-state index contributed by atoms with van der Waals surface area (Å²) in [5, 5.41) is 12.8. The number of nitrogens with zero attached hydrogens (tertiary/aromatic N) is 1. The van der Waals surface area contributed by atoms with Gasteiger partial charge in [0.15, 0.2) is 0 Å². The molecule has 1 heterocycles. The highest BCUT2D eigenvalue weighted by Crippen LogP contribution is 2.23. The van der Waals surface area contributed by atoms with E-state index in [1.165, 1.54) is 19.3 Å². The zero-order valence-electron chi connectivity index (χ0n) is 12.5. The van der Waals surface area contributed by atoms with Gasteiger partial charge in [-0.2, -0.15) is 0 Å². The first-order chi connectivity index (χ1) is 10.2. The number of aromatic carboxylic acids is 1. The smallest absolute Gasteiger partial charge is 0.337 e. The fraction of sp³-hybridized carbons (Fsp3) is 0.562. The van der Waals surface area contributed by atoms with Crippen molar-refractivity contribution >= 4 is 24.1 Å². The van der Waals surface area contributed by atoms with E-state index in [-0.39, 0.29) is 18.5 Å². The molecule has 2 aliphatic rings. The monoisotopic (exact) mass is 326 g/mol. The summed E-state index contributed by atoms with van der Waals surface area (Å²) in [5.41, 5.74) is 1.16. The second-order valence-corrected chi connectivity index (χ2v) is 5.80. The van der Waals surface area contributed by atoms with E-state index in [0.717, 1.165) is 25.3 Å². The fourth-order valence-electron chi connectivity index (χ4n) is 2.90. The highest BCUT2D eigenvalue weighted by atomic mass is 35.5. The van der Waals surface area contributed by atoms with Crippen molar-refractivity contribution in [3.8, 4) is 0 Å². The summed E-state index contributed by atoms with van der Waals surface area (Å²) in [6.45, 7) is 2.97.